The van der Waals surface area contributed by atoms with Crippen molar-refractivity contribution in [3.63, 3.8) is 0 Å². The minimum absolute atomic E-state index is 0.525. The molecule has 1 aromatic heterocycles. The van der Waals surface area contributed by atoms with Gasteiger partial charge in [-0.3, -0.25) is 0 Å². The zero-order chi connectivity index (χ0) is 20.5. The number of hydrogen-bond acceptors (Lipinski definition) is 5. The van der Waals surface area contributed by atoms with E-state index in [0.717, 1.165) is 60.4 Å². The number of hydrogen-bond donors (Lipinski definition) is 2. The lowest BCUT2D eigenvalue weighted by atomic mass is 10.1. The maximum atomic E-state index is 5.92. The quantitative estimate of drug-likeness (QED) is 0.361. The van der Waals surface area contributed by atoms with Gasteiger partial charge in [-0.05, 0) is 38.8 Å². The van der Waals surface area contributed by atoms with Crippen molar-refractivity contribution in [2.75, 3.05) is 26.4 Å². The van der Waals surface area contributed by atoms with Crippen LogP contribution in [0.5, 0.6) is 5.75 Å². The summed E-state index contributed by atoms with van der Waals surface area (Å²) in [4.78, 5) is 4.74. The van der Waals surface area contributed by atoms with Crippen molar-refractivity contribution in [1.82, 2.24) is 25.4 Å². The molecule has 8 heteroatoms. The van der Waals surface area contributed by atoms with Crippen molar-refractivity contribution in [2.45, 2.75) is 53.2 Å². The summed E-state index contributed by atoms with van der Waals surface area (Å²) < 4.78 is 13.5. The van der Waals surface area contributed by atoms with Crippen molar-refractivity contribution in [3.8, 4) is 5.75 Å². The fourth-order valence-electron chi connectivity index (χ4n) is 3.29. The van der Waals surface area contributed by atoms with Gasteiger partial charge in [0, 0.05) is 31.7 Å². The number of ether oxygens (including phenoxy) is 2. The summed E-state index contributed by atoms with van der Waals surface area (Å²) in [5.41, 5.74) is 2.21. The number of aryl methyl sites for hydroxylation is 2. The molecule has 0 atom stereocenters. The third-order valence-corrected chi connectivity index (χ3v) is 4.76. The summed E-state index contributed by atoms with van der Waals surface area (Å²) in [6.45, 7) is 10.8. The van der Waals surface area contributed by atoms with Crippen LogP contribution in [0.1, 0.15) is 43.0 Å². The molecule has 1 aromatic carbocycles. The molecule has 158 valence electrons. The molecule has 0 spiro atoms. The third kappa shape index (κ3) is 5.93. The Labute approximate surface area is 172 Å². The fourth-order valence-corrected chi connectivity index (χ4v) is 3.29. The summed E-state index contributed by atoms with van der Waals surface area (Å²) in [5, 5.41) is 15.2. The Hall–Kier alpha value is -2.61. The molecule has 0 bridgehead atoms. The molecule has 2 aromatic rings. The first-order valence-corrected chi connectivity index (χ1v) is 10.4. The Balaban J connectivity index is 1.63. The van der Waals surface area contributed by atoms with Crippen molar-refractivity contribution in [1.29, 1.82) is 0 Å². The minimum Gasteiger partial charge on any atom is -0.491 e. The first kappa shape index (κ1) is 21.1. The van der Waals surface area contributed by atoms with Gasteiger partial charge in [-0.1, -0.05) is 12.1 Å². The van der Waals surface area contributed by atoms with Gasteiger partial charge in [0.15, 0.2) is 11.8 Å². The lowest BCUT2D eigenvalue weighted by Gasteiger charge is -2.14. The van der Waals surface area contributed by atoms with Crippen LogP contribution in [0.2, 0.25) is 0 Å². The molecule has 0 fully saturated rings. The summed E-state index contributed by atoms with van der Waals surface area (Å²) in [6.07, 6.45) is 2.16. The van der Waals surface area contributed by atoms with Gasteiger partial charge in [0.1, 0.15) is 18.2 Å². The number of fused-ring (bicyclic) bond motifs is 1. The smallest absolute Gasteiger partial charge is 0.191 e. The number of benzene rings is 1. The van der Waals surface area contributed by atoms with Gasteiger partial charge in [-0.15, -0.1) is 10.2 Å². The number of guanidine groups is 1. The molecule has 0 saturated carbocycles. The van der Waals surface area contributed by atoms with E-state index < -0.39 is 0 Å². The summed E-state index contributed by atoms with van der Waals surface area (Å²) >= 11 is 0. The standard InChI is InChI=1S/C21H32N6O2/c1-4-22-21(24-15-20-26-25-19-7-6-10-27(19)20)23-14-17-9-8-16(3)13-18(17)29-12-11-28-5-2/h8-9,13H,4-7,10-12,14-15H2,1-3H3,(H2,22,23,24). The molecule has 2 N–H and O–H groups in total. The molecule has 1 aliphatic rings. The van der Waals surface area contributed by atoms with Gasteiger partial charge >= 0.3 is 0 Å². The highest BCUT2D eigenvalue weighted by Gasteiger charge is 2.17. The van der Waals surface area contributed by atoms with Crippen LogP contribution in [0.25, 0.3) is 0 Å². The van der Waals surface area contributed by atoms with Gasteiger partial charge in [-0.2, -0.15) is 0 Å². The van der Waals surface area contributed by atoms with Crippen LogP contribution in [-0.4, -0.2) is 47.1 Å². The van der Waals surface area contributed by atoms with Crippen LogP contribution in [0, 0.1) is 6.92 Å². The molecular weight excluding hydrogens is 368 g/mol. The molecule has 2 heterocycles. The van der Waals surface area contributed by atoms with Gasteiger partial charge in [0.25, 0.3) is 0 Å². The average molecular weight is 401 g/mol. The van der Waals surface area contributed by atoms with E-state index in [1.165, 1.54) is 0 Å². The molecule has 8 nitrogen and oxygen atoms in total. The van der Waals surface area contributed by atoms with E-state index in [-0.39, 0.29) is 0 Å². The summed E-state index contributed by atoms with van der Waals surface area (Å²) in [7, 11) is 0. The van der Waals surface area contributed by atoms with Crippen LogP contribution in [0.3, 0.4) is 0 Å². The summed E-state index contributed by atoms with van der Waals surface area (Å²) in [6, 6.07) is 6.21. The second-order valence-corrected chi connectivity index (χ2v) is 6.99. The maximum Gasteiger partial charge on any atom is 0.191 e. The van der Waals surface area contributed by atoms with Crippen LogP contribution in [-0.2, 0) is 30.8 Å². The zero-order valence-corrected chi connectivity index (χ0v) is 17.7. The van der Waals surface area contributed by atoms with Gasteiger partial charge < -0.3 is 24.7 Å². The molecule has 0 saturated heterocycles. The van der Waals surface area contributed by atoms with Crippen molar-refractivity contribution < 1.29 is 9.47 Å². The predicted octanol–water partition coefficient (Wildman–Crippen LogP) is 2.20. The van der Waals surface area contributed by atoms with Crippen LogP contribution >= 0.6 is 0 Å². The van der Waals surface area contributed by atoms with E-state index in [2.05, 4.69) is 57.4 Å². The minimum atomic E-state index is 0.525. The molecule has 1 aliphatic heterocycles. The monoisotopic (exact) mass is 400 g/mol. The van der Waals surface area contributed by atoms with E-state index in [9.17, 15) is 0 Å². The van der Waals surface area contributed by atoms with E-state index in [4.69, 9.17) is 14.5 Å². The van der Waals surface area contributed by atoms with Crippen LogP contribution in [0.4, 0.5) is 0 Å². The highest BCUT2D eigenvalue weighted by molar-refractivity contribution is 5.79. The summed E-state index contributed by atoms with van der Waals surface area (Å²) in [5.74, 6) is 3.65. The van der Waals surface area contributed by atoms with Crippen molar-refractivity contribution in [2.24, 2.45) is 4.99 Å². The van der Waals surface area contributed by atoms with E-state index in [1.807, 2.05) is 6.92 Å². The first-order valence-electron chi connectivity index (χ1n) is 10.4. The largest absolute Gasteiger partial charge is 0.491 e. The van der Waals surface area contributed by atoms with Crippen LogP contribution < -0.4 is 15.4 Å². The number of aliphatic imine (C=N–C) groups is 1. The Morgan fingerprint density at radius 2 is 2.10 bits per heavy atom. The molecule has 0 amide bonds. The predicted molar refractivity (Wildman–Crippen MR) is 113 cm³/mol. The fraction of sp³-hybridized carbons (Fsp3) is 0.571. The molecule has 0 aliphatic carbocycles. The van der Waals surface area contributed by atoms with Gasteiger partial charge in [-0.25, -0.2) is 4.99 Å². The number of nitrogens with one attached hydrogen (secondary N) is 2. The van der Waals surface area contributed by atoms with E-state index >= 15 is 0 Å². The molecule has 0 radical (unpaired) electrons. The Kier molecular flexibility index (Phi) is 7.86. The topological polar surface area (TPSA) is 85.6 Å². The second-order valence-electron chi connectivity index (χ2n) is 6.99. The van der Waals surface area contributed by atoms with Gasteiger partial charge in [0.05, 0.1) is 19.7 Å². The Bertz CT molecular complexity index is 817. The SMILES string of the molecule is CCNC(=NCc1ccc(C)cc1OCCOCC)NCc1nnc2n1CCC2. The van der Waals surface area contributed by atoms with E-state index in [1.54, 1.807) is 0 Å². The zero-order valence-electron chi connectivity index (χ0n) is 17.7. The number of aromatic nitrogens is 3. The molecule has 3 rings (SSSR count). The lowest BCUT2D eigenvalue weighted by Crippen LogP contribution is -2.37. The Morgan fingerprint density at radius 3 is 2.93 bits per heavy atom. The Morgan fingerprint density at radius 1 is 1.21 bits per heavy atom. The van der Waals surface area contributed by atoms with Gasteiger partial charge in [0.2, 0.25) is 0 Å². The van der Waals surface area contributed by atoms with E-state index in [0.29, 0.717) is 32.9 Å². The lowest BCUT2D eigenvalue weighted by molar-refractivity contribution is 0.110. The highest BCUT2D eigenvalue weighted by atomic mass is 16.5. The molecular formula is C21H32N6O2. The third-order valence-electron chi connectivity index (χ3n) is 4.76. The number of nitrogens with zero attached hydrogens (tertiary/aromatic N) is 4. The van der Waals surface area contributed by atoms with Crippen molar-refractivity contribution >= 4 is 5.96 Å². The normalized spacial score (nSPS) is 13.4. The highest BCUT2D eigenvalue weighted by Crippen LogP contribution is 2.21. The second kappa shape index (κ2) is 10.8. The molecule has 29 heavy (non-hydrogen) atoms. The maximum absolute atomic E-state index is 5.92. The number of rotatable bonds is 10. The average Bonchev–Trinajstić information content (AvgIpc) is 3.33. The molecule has 0 unspecified atom stereocenters. The van der Waals surface area contributed by atoms with Crippen molar-refractivity contribution in [3.05, 3.63) is 41.0 Å². The first-order chi connectivity index (χ1) is 14.2. The van der Waals surface area contributed by atoms with Crippen LogP contribution in [0.15, 0.2) is 23.2 Å².